The van der Waals surface area contributed by atoms with Crippen molar-refractivity contribution in [3.8, 4) is 0 Å². The van der Waals surface area contributed by atoms with Crippen molar-refractivity contribution >= 4 is 28.8 Å². The van der Waals surface area contributed by atoms with Gasteiger partial charge >= 0.3 is 5.97 Å². The summed E-state index contributed by atoms with van der Waals surface area (Å²) in [5, 5.41) is 0. The standard InChI is InChI=1S/C19H20N4O2/c1-25-19(24)7-6-13-8-15(9-13)21-11-14(10-20)18-12-22-16-4-2-3-5-17(16)23-18/h2-7,10-13,15H,8-9,20H2,1H3/b7-6+,14-10?,21-11?. The number of fused-ring (bicyclic) bond motifs is 1. The first-order valence-electron chi connectivity index (χ1n) is 8.13. The molecule has 0 bridgehead atoms. The molecule has 2 aromatic rings. The van der Waals surface area contributed by atoms with E-state index in [1.807, 2.05) is 30.3 Å². The van der Waals surface area contributed by atoms with E-state index in [9.17, 15) is 4.79 Å². The molecule has 1 aliphatic rings. The zero-order chi connectivity index (χ0) is 17.6. The van der Waals surface area contributed by atoms with Crippen molar-refractivity contribution in [2.75, 3.05) is 7.11 Å². The first-order chi connectivity index (χ1) is 12.2. The largest absolute Gasteiger partial charge is 0.466 e. The Hall–Kier alpha value is -3.02. The summed E-state index contributed by atoms with van der Waals surface area (Å²) >= 11 is 0. The van der Waals surface area contributed by atoms with Gasteiger partial charge in [0, 0.05) is 24.1 Å². The molecule has 1 aromatic heterocycles. The van der Waals surface area contributed by atoms with Crippen molar-refractivity contribution in [2.24, 2.45) is 16.6 Å². The number of hydrogen-bond acceptors (Lipinski definition) is 6. The number of aromatic nitrogens is 2. The number of rotatable bonds is 5. The van der Waals surface area contributed by atoms with Crippen LogP contribution in [0, 0.1) is 5.92 Å². The maximum absolute atomic E-state index is 11.1. The minimum Gasteiger partial charge on any atom is -0.466 e. The van der Waals surface area contributed by atoms with Crippen LogP contribution in [0.25, 0.3) is 16.6 Å². The highest BCUT2D eigenvalue weighted by Crippen LogP contribution is 2.31. The van der Waals surface area contributed by atoms with Gasteiger partial charge in [-0.3, -0.25) is 9.98 Å². The van der Waals surface area contributed by atoms with Gasteiger partial charge in [0.15, 0.2) is 0 Å². The lowest BCUT2D eigenvalue weighted by Gasteiger charge is -2.30. The third kappa shape index (κ3) is 4.09. The predicted molar refractivity (Wildman–Crippen MR) is 97.9 cm³/mol. The minimum atomic E-state index is -0.324. The Bertz CT molecular complexity index is 851. The van der Waals surface area contributed by atoms with Crippen molar-refractivity contribution in [3.05, 3.63) is 54.5 Å². The first kappa shape index (κ1) is 16.8. The van der Waals surface area contributed by atoms with Crippen LogP contribution in [0.2, 0.25) is 0 Å². The van der Waals surface area contributed by atoms with Crippen LogP contribution in [-0.4, -0.2) is 35.3 Å². The first-order valence-corrected chi connectivity index (χ1v) is 8.13. The molecule has 1 fully saturated rings. The molecule has 1 aliphatic carbocycles. The Morgan fingerprint density at radius 1 is 1.32 bits per heavy atom. The Kier molecular flexibility index (Phi) is 5.18. The van der Waals surface area contributed by atoms with E-state index in [0.29, 0.717) is 11.6 Å². The minimum absolute atomic E-state index is 0.232. The molecule has 0 atom stereocenters. The van der Waals surface area contributed by atoms with Crippen LogP contribution in [0.5, 0.6) is 0 Å². The summed E-state index contributed by atoms with van der Waals surface area (Å²) < 4.78 is 4.58. The summed E-state index contributed by atoms with van der Waals surface area (Å²) in [7, 11) is 1.37. The van der Waals surface area contributed by atoms with Crippen molar-refractivity contribution in [1.29, 1.82) is 0 Å². The molecule has 25 heavy (non-hydrogen) atoms. The number of esters is 1. The highest BCUT2D eigenvalue weighted by molar-refractivity contribution is 6.09. The SMILES string of the molecule is COC(=O)/C=C/C1CC(N=CC(=CN)c2cnc3ccccc3n2)C1. The van der Waals surface area contributed by atoms with Crippen LogP contribution in [0.4, 0.5) is 0 Å². The molecular formula is C19H20N4O2. The van der Waals surface area contributed by atoms with Crippen LogP contribution in [0.3, 0.4) is 0 Å². The summed E-state index contributed by atoms with van der Waals surface area (Å²) in [6, 6.07) is 7.93. The van der Waals surface area contributed by atoms with Gasteiger partial charge < -0.3 is 10.5 Å². The van der Waals surface area contributed by atoms with E-state index < -0.39 is 0 Å². The Morgan fingerprint density at radius 3 is 2.80 bits per heavy atom. The topological polar surface area (TPSA) is 90.5 Å². The number of carbonyl (C=O) groups excluding carboxylic acids is 1. The maximum atomic E-state index is 11.1. The highest BCUT2D eigenvalue weighted by atomic mass is 16.5. The number of carbonyl (C=O) groups is 1. The molecule has 1 aromatic carbocycles. The van der Waals surface area contributed by atoms with Gasteiger partial charge in [-0.25, -0.2) is 9.78 Å². The molecular weight excluding hydrogens is 316 g/mol. The zero-order valence-corrected chi connectivity index (χ0v) is 14.0. The second-order valence-electron chi connectivity index (χ2n) is 5.91. The van der Waals surface area contributed by atoms with Gasteiger partial charge in [0.2, 0.25) is 0 Å². The normalized spacial score (nSPS) is 20.9. The summed E-state index contributed by atoms with van der Waals surface area (Å²) in [4.78, 5) is 24.6. The second-order valence-corrected chi connectivity index (χ2v) is 5.91. The van der Waals surface area contributed by atoms with Gasteiger partial charge in [-0.2, -0.15) is 0 Å². The van der Waals surface area contributed by atoms with E-state index in [1.54, 1.807) is 12.4 Å². The summed E-state index contributed by atoms with van der Waals surface area (Å²) in [6.07, 6.45) is 10.1. The molecule has 6 nitrogen and oxygen atoms in total. The van der Waals surface area contributed by atoms with E-state index >= 15 is 0 Å². The van der Waals surface area contributed by atoms with Crippen LogP contribution >= 0.6 is 0 Å². The maximum Gasteiger partial charge on any atom is 0.330 e. The fourth-order valence-electron chi connectivity index (χ4n) is 2.67. The van der Waals surface area contributed by atoms with E-state index in [1.165, 1.54) is 19.4 Å². The van der Waals surface area contributed by atoms with E-state index in [4.69, 9.17) is 5.73 Å². The van der Waals surface area contributed by atoms with Crippen LogP contribution in [-0.2, 0) is 9.53 Å². The van der Waals surface area contributed by atoms with Gasteiger partial charge in [-0.1, -0.05) is 18.2 Å². The number of ether oxygens (including phenoxy) is 1. The van der Waals surface area contributed by atoms with Crippen molar-refractivity contribution in [3.63, 3.8) is 0 Å². The smallest absolute Gasteiger partial charge is 0.330 e. The third-order valence-electron chi connectivity index (χ3n) is 4.20. The molecule has 2 N–H and O–H groups in total. The molecule has 0 aliphatic heterocycles. The van der Waals surface area contributed by atoms with Crippen molar-refractivity contribution in [2.45, 2.75) is 18.9 Å². The number of para-hydroxylation sites is 2. The lowest BCUT2D eigenvalue weighted by atomic mass is 9.80. The number of benzene rings is 1. The Balaban J connectivity index is 1.62. The monoisotopic (exact) mass is 336 g/mol. The molecule has 1 saturated carbocycles. The molecule has 3 rings (SSSR count). The van der Waals surface area contributed by atoms with Gasteiger partial charge in [0.25, 0.3) is 0 Å². The number of allylic oxidation sites excluding steroid dienone is 2. The van der Waals surface area contributed by atoms with E-state index in [2.05, 4.69) is 19.7 Å². The molecule has 0 unspecified atom stereocenters. The number of nitrogens with zero attached hydrogens (tertiary/aromatic N) is 3. The number of aliphatic imine (C=N–C) groups is 1. The second kappa shape index (κ2) is 7.70. The molecule has 0 spiro atoms. The highest BCUT2D eigenvalue weighted by Gasteiger charge is 2.26. The molecule has 1 heterocycles. The average molecular weight is 336 g/mol. The lowest BCUT2D eigenvalue weighted by molar-refractivity contribution is -0.134. The number of methoxy groups -OCH3 is 1. The van der Waals surface area contributed by atoms with Crippen molar-refractivity contribution in [1.82, 2.24) is 9.97 Å². The average Bonchev–Trinajstić information content (AvgIpc) is 2.62. The van der Waals surface area contributed by atoms with Gasteiger partial charge in [-0.15, -0.1) is 0 Å². The molecule has 0 saturated heterocycles. The number of nitrogens with two attached hydrogens (primary N) is 1. The van der Waals surface area contributed by atoms with E-state index in [0.717, 1.165) is 29.4 Å². The van der Waals surface area contributed by atoms with Gasteiger partial charge in [0.05, 0.1) is 36.1 Å². The van der Waals surface area contributed by atoms with Crippen LogP contribution < -0.4 is 5.73 Å². The quantitative estimate of drug-likeness (QED) is 0.515. The third-order valence-corrected chi connectivity index (χ3v) is 4.20. The van der Waals surface area contributed by atoms with Crippen LogP contribution in [0.1, 0.15) is 18.5 Å². The zero-order valence-electron chi connectivity index (χ0n) is 14.0. The van der Waals surface area contributed by atoms with Gasteiger partial charge in [-0.05, 0) is 30.9 Å². The molecule has 6 heteroatoms. The van der Waals surface area contributed by atoms with Crippen molar-refractivity contribution < 1.29 is 9.53 Å². The fourth-order valence-corrected chi connectivity index (χ4v) is 2.67. The lowest BCUT2D eigenvalue weighted by Crippen LogP contribution is -2.26. The molecule has 128 valence electrons. The summed E-state index contributed by atoms with van der Waals surface area (Å²) in [5.74, 6) is 0.0437. The Morgan fingerprint density at radius 2 is 2.08 bits per heavy atom. The Labute approximate surface area is 146 Å². The molecule has 0 radical (unpaired) electrons. The van der Waals surface area contributed by atoms with Gasteiger partial charge in [0.1, 0.15) is 0 Å². The van der Waals surface area contributed by atoms with Crippen LogP contribution in [0.15, 0.2) is 53.8 Å². The van der Waals surface area contributed by atoms with E-state index in [-0.39, 0.29) is 12.0 Å². The summed E-state index contributed by atoms with van der Waals surface area (Å²) in [6.45, 7) is 0. The fraction of sp³-hybridized carbons (Fsp3) is 0.263. The molecule has 0 amide bonds. The predicted octanol–water partition coefficient (Wildman–Crippen LogP) is 2.51. The number of hydrogen-bond donors (Lipinski definition) is 1. The summed E-state index contributed by atoms with van der Waals surface area (Å²) in [5.41, 5.74) is 8.85.